The minimum Gasteiger partial charge on any atom is -0.398 e. The average molecular weight is 274 g/mol. The molecule has 0 saturated heterocycles. The first kappa shape index (κ1) is 9.37. The highest BCUT2D eigenvalue weighted by atomic mass is 79.9. The van der Waals surface area contributed by atoms with Crippen molar-refractivity contribution < 1.29 is 0 Å². The number of fused-ring (bicyclic) bond motifs is 1. The number of hydrogen-bond donors (Lipinski definition) is 1. The first-order chi connectivity index (χ1) is 6.22. The maximum atomic E-state index is 5.88. The zero-order valence-electron chi connectivity index (χ0n) is 7.00. The second-order valence-electron chi connectivity index (χ2n) is 2.66. The van der Waals surface area contributed by atoms with E-state index in [9.17, 15) is 0 Å². The van der Waals surface area contributed by atoms with Gasteiger partial charge in [-0.05, 0) is 39.7 Å². The number of halogens is 1. The number of nitrogens with two attached hydrogens (primary N) is 1. The van der Waals surface area contributed by atoms with Crippen LogP contribution >= 0.6 is 39.0 Å². The van der Waals surface area contributed by atoms with Crippen LogP contribution in [-0.2, 0) is 0 Å². The summed E-state index contributed by atoms with van der Waals surface area (Å²) in [6, 6.07) is 6.15. The van der Waals surface area contributed by atoms with Gasteiger partial charge >= 0.3 is 0 Å². The van der Waals surface area contributed by atoms with Crippen LogP contribution in [0.15, 0.2) is 26.9 Å². The van der Waals surface area contributed by atoms with Crippen LogP contribution in [0.2, 0.25) is 0 Å². The molecule has 68 valence electrons. The number of rotatable bonds is 1. The minimum absolute atomic E-state index is 0.870. The lowest BCUT2D eigenvalue weighted by Crippen LogP contribution is -1.86. The van der Waals surface area contributed by atoms with E-state index in [-0.39, 0.29) is 0 Å². The van der Waals surface area contributed by atoms with Crippen molar-refractivity contribution in [2.24, 2.45) is 0 Å². The second kappa shape index (κ2) is 3.52. The van der Waals surface area contributed by atoms with Crippen LogP contribution in [0.25, 0.3) is 10.1 Å². The largest absolute Gasteiger partial charge is 0.398 e. The summed E-state index contributed by atoms with van der Waals surface area (Å²) in [4.78, 5) is 1.19. The van der Waals surface area contributed by atoms with E-state index in [1.165, 1.54) is 15.0 Å². The molecule has 2 rings (SSSR count). The van der Waals surface area contributed by atoms with Gasteiger partial charge in [-0.2, -0.15) is 0 Å². The standard InChI is InChI=1S/C9H8BrNS2/c1-12-9-6(11)3-2-5-4-7(10)13-8(5)9/h2-4H,11H2,1H3. The van der Waals surface area contributed by atoms with Crippen LogP contribution in [0.5, 0.6) is 0 Å². The van der Waals surface area contributed by atoms with Gasteiger partial charge < -0.3 is 5.73 Å². The fourth-order valence-corrected chi connectivity index (χ4v) is 3.82. The van der Waals surface area contributed by atoms with E-state index in [1.54, 1.807) is 23.1 Å². The van der Waals surface area contributed by atoms with Gasteiger partial charge in [0, 0.05) is 10.6 Å². The molecule has 0 saturated carbocycles. The van der Waals surface area contributed by atoms with E-state index < -0.39 is 0 Å². The predicted molar refractivity (Wildman–Crippen MR) is 65.7 cm³/mol. The summed E-state index contributed by atoms with van der Waals surface area (Å²) in [5.41, 5.74) is 6.75. The molecule has 0 aliphatic rings. The van der Waals surface area contributed by atoms with Gasteiger partial charge in [-0.1, -0.05) is 6.07 Å². The van der Waals surface area contributed by atoms with E-state index in [4.69, 9.17) is 5.73 Å². The van der Waals surface area contributed by atoms with Gasteiger partial charge in [-0.3, -0.25) is 0 Å². The Morgan fingerprint density at radius 2 is 2.23 bits per heavy atom. The molecule has 2 aromatic rings. The average Bonchev–Trinajstić information content (AvgIpc) is 2.45. The third-order valence-corrected chi connectivity index (χ3v) is 4.49. The summed E-state index contributed by atoms with van der Waals surface area (Å²) < 4.78 is 2.43. The maximum absolute atomic E-state index is 5.88. The maximum Gasteiger partial charge on any atom is 0.0711 e. The molecule has 0 aliphatic heterocycles. The molecule has 1 aromatic carbocycles. The Morgan fingerprint density at radius 3 is 2.92 bits per heavy atom. The van der Waals surface area contributed by atoms with Crippen LogP contribution < -0.4 is 5.73 Å². The highest BCUT2D eigenvalue weighted by Crippen LogP contribution is 2.38. The Morgan fingerprint density at radius 1 is 1.46 bits per heavy atom. The normalized spacial score (nSPS) is 10.9. The molecular weight excluding hydrogens is 266 g/mol. The van der Waals surface area contributed by atoms with Crippen LogP contribution in [0, 0.1) is 0 Å². The van der Waals surface area contributed by atoms with Gasteiger partial charge in [0.05, 0.1) is 8.49 Å². The number of benzene rings is 1. The molecule has 1 aromatic heterocycles. The van der Waals surface area contributed by atoms with Crippen molar-refractivity contribution in [3.05, 3.63) is 22.0 Å². The van der Waals surface area contributed by atoms with E-state index in [0.29, 0.717) is 0 Å². The zero-order valence-corrected chi connectivity index (χ0v) is 10.2. The lowest BCUT2D eigenvalue weighted by Gasteiger charge is -2.02. The van der Waals surface area contributed by atoms with Crippen molar-refractivity contribution in [2.75, 3.05) is 12.0 Å². The predicted octanol–water partition coefficient (Wildman–Crippen LogP) is 3.97. The summed E-state index contributed by atoms with van der Waals surface area (Å²) in [6.45, 7) is 0. The molecule has 4 heteroatoms. The Hall–Kier alpha value is -0.190. The first-order valence-electron chi connectivity index (χ1n) is 3.74. The lowest BCUT2D eigenvalue weighted by molar-refractivity contribution is 1.58. The zero-order chi connectivity index (χ0) is 9.42. The summed E-state index contributed by atoms with van der Waals surface area (Å²) in [5, 5.41) is 1.26. The monoisotopic (exact) mass is 273 g/mol. The molecule has 2 N–H and O–H groups in total. The van der Waals surface area contributed by atoms with Crippen molar-refractivity contribution in [2.45, 2.75) is 4.90 Å². The molecule has 13 heavy (non-hydrogen) atoms. The molecule has 0 spiro atoms. The quantitative estimate of drug-likeness (QED) is 0.629. The Kier molecular flexibility index (Phi) is 2.53. The first-order valence-corrected chi connectivity index (χ1v) is 6.57. The molecule has 0 bridgehead atoms. The van der Waals surface area contributed by atoms with Gasteiger partial charge in [-0.15, -0.1) is 23.1 Å². The van der Waals surface area contributed by atoms with E-state index in [2.05, 4.69) is 34.3 Å². The van der Waals surface area contributed by atoms with E-state index in [1.807, 2.05) is 6.07 Å². The summed E-state index contributed by atoms with van der Waals surface area (Å²) in [5.74, 6) is 0. The van der Waals surface area contributed by atoms with Gasteiger partial charge in [0.15, 0.2) is 0 Å². The number of hydrogen-bond acceptors (Lipinski definition) is 3. The van der Waals surface area contributed by atoms with Crippen molar-refractivity contribution in [1.82, 2.24) is 0 Å². The lowest BCUT2D eigenvalue weighted by atomic mass is 10.2. The fraction of sp³-hybridized carbons (Fsp3) is 0.111. The third-order valence-electron chi connectivity index (χ3n) is 1.85. The molecule has 1 heterocycles. The van der Waals surface area contributed by atoms with Crippen molar-refractivity contribution in [1.29, 1.82) is 0 Å². The summed E-state index contributed by atoms with van der Waals surface area (Å²) in [6.07, 6.45) is 2.05. The van der Waals surface area contributed by atoms with Crippen molar-refractivity contribution in [3.8, 4) is 0 Å². The third kappa shape index (κ3) is 1.58. The molecule has 0 fully saturated rings. The summed E-state index contributed by atoms with van der Waals surface area (Å²) >= 11 is 6.92. The highest BCUT2D eigenvalue weighted by Gasteiger charge is 2.07. The van der Waals surface area contributed by atoms with Crippen LogP contribution in [0.1, 0.15) is 0 Å². The molecule has 0 aliphatic carbocycles. The van der Waals surface area contributed by atoms with Crippen LogP contribution in [-0.4, -0.2) is 6.26 Å². The Labute approximate surface area is 93.4 Å². The van der Waals surface area contributed by atoms with E-state index >= 15 is 0 Å². The fourth-order valence-electron chi connectivity index (χ4n) is 1.27. The highest BCUT2D eigenvalue weighted by molar-refractivity contribution is 9.11. The number of thioether (sulfide) groups is 1. The smallest absolute Gasteiger partial charge is 0.0711 e. The summed E-state index contributed by atoms with van der Waals surface area (Å²) in [7, 11) is 0. The topological polar surface area (TPSA) is 26.0 Å². The Bertz CT molecular complexity index is 450. The van der Waals surface area contributed by atoms with Gasteiger partial charge in [-0.25, -0.2) is 0 Å². The molecule has 0 radical (unpaired) electrons. The Balaban J connectivity index is 2.82. The SMILES string of the molecule is CSc1c(N)ccc2cc(Br)sc12. The number of thiophene rings is 1. The van der Waals surface area contributed by atoms with Crippen molar-refractivity contribution in [3.63, 3.8) is 0 Å². The molecule has 1 nitrogen and oxygen atoms in total. The number of anilines is 1. The number of nitrogen functional groups attached to an aromatic ring is 1. The molecule has 0 atom stereocenters. The van der Waals surface area contributed by atoms with Gasteiger partial charge in [0.25, 0.3) is 0 Å². The second-order valence-corrected chi connectivity index (χ2v) is 5.90. The molecule has 0 amide bonds. The van der Waals surface area contributed by atoms with Crippen LogP contribution in [0.3, 0.4) is 0 Å². The van der Waals surface area contributed by atoms with Gasteiger partial charge in [0.2, 0.25) is 0 Å². The van der Waals surface area contributed by atoms with Crippen LogP contribution in [0.4, 0.5) is 5.69 Å². The molecular formula is C9H8BrNS2. The molecule has 0 unspecified atom stereocenters. The van der Waals surface area contributed by atoms with Crippen molar-refractivity contribution >= 4 is 54.8 Å². The van der Waals surface area contributed by atoms with Gasteiger partial charge in [0.1, 0.15) is 0 Å². The minimum atomic E-state index is 0.870. The van der Waals surface area contributed by atoms with E-state index in [0.717, 1.165) is 9.47 Å².